The number of rotatable bonds is 5. The topological polar surface area (TPSA) is 127 Å². The number of non-ortho nitro benzene ring substituents is 1. The lowest BCUT2D eigenvalue weighted by molar-refractivity contribution is -0.384. The summed E-state index contributed by atoms with van der Waals surface area (Å²) in [6, 6.07) is 10.3. The molecule has 4 rings (SSSR count). The number of pyridine rings is 2. The van der Waals surface area contributed by atoms with E-state index < -0.39 is 16.3 Å². The van der Waals surface area contributed by atoms with Crippen LogP contribution in [0, 0.1) is 10.1 Å². The minimum atomic E-state index is -0.735. The average Bonchev–Trinajstić information content (AvgIpc) is 2.76. The van der Waals surface area contributed by atoms with Crippen LogP contribution in [-0.2, 0) is 6.54 Å². The molecule has 0 spiro atoms. The second kappa shape index (κ2) is 8.13. The third-order valence-electron chi connectivity index (χ3n) is 4.78. The number of aliphatic hydroxyl groups excluding tert-OH is 1. The first-order valence-corrected chi connectivity index (χ1v) is 9.55. The zero-order valence-electron chi connectivity index (χ0n) is 15.9. The molecule has 31 heavy (non-hydrogen) atoms. The van der Waals surface area contributed by atoms with Gasteiger partial charge in [0, 0.05) is 47.5 Å². The van der Waals surface area contributed by atoms with Gasteiger partial charge in [-0.3, -0.25) is 24.7 Å². The number of halogens is 1. The zero-order valence-corrected chi connectivity index (χ0v) is 16.7. The van der Waals surface area contributed by atoms with E-state index in [-0.39, 0.29) is 40.5 Å². The van der Waals surface area contributed by atoms with Gasteiger partial charge in [-0.25, -0.2) is 0 Å². The molecule has 0 atom stereocenters. The van der Waals surface area contributed by atoms with Crippen molar-refractivity contribution in [1.82, 2.24) is 9.55 Å². The standard InChI is InChI=1S/C21H15ClN4O5/c22-17-10-15-19(14-5-2-6-23-18(14)17)25(7-8-27)11-16(20(15)28)21(29)24-12-3-1-4-13(9-12)26(30)31/h1-6,9-11,27H,7-8H2,(H,24,29). The Morgan fingerprint density at radius 3 is 2.77 bits per heavy atom. The van der Waals surface area contributed by atoms with Crippen LogP contribution in [0.5, 0.6) is 0 Å². The zero-order chi connectivity index (χ0) is 22.1. The molecule has 2 N–H and O–H groups in total. The lowest BCUT2D eigenvalue weighted by Gasteiger charge is -2.15. The van der Waals surface area contributed by atoms with Gasteiger partial charge in [-0.15, -0.1) is 0 Å². The van der Waals surface area contributed by atoms with Crippen molar-refractivity contribution >= 4 is 50.7 Å². The van der Waals surface area contributed by atoms with E-state index in [0.717, 1.165) is 0 Å². The number of fused-ring (bicyclic) bond motifs is 3. The molecule has 4 aromatic rings. The number of carbonyl (C=O) groups excluding carboxylic acids is 1. The Kier molecular flexibility index (Phi) is 5.37. The van der Waals surface area contributed by atoms with Gasteiger partial charge in [0.2, 0.25) is 5.43 Å². The minimum Gasteiger partial charge on any atom is -0.395 e. The number of carbonyl (C=O) groups is 1. The van der Waals surface area contributed by atoms with Crippen molar-refractivity contribution in [3.8, 4) is 0 Å². The number of nitrogens with zero attached hydrogens (tertiary/aromatic N) is 3. The number of nitrogens with one attached hydrogen (secondary N) is 1. The van der Waals surface area contributed by atoms with Crippen molar-refractivity contribution < 1.29 is 14.8 Å². The van der Waals surface area contributed by atoms with Crippen LogP contribution in [-0.4, -0.2) is 32.1 Å². The van der Waals surface area contributed by atoms with Crippen molar-refractivity contribution in [2.45, 2.75) is 6.54 Å². The molecule has 0 radical (unpaired) electrons. The summed E-state index contributed by atoms with van der Waals surface area (Å²) in [6.45, 7) is -0.103. The van der Waals surface area contributed by atoms with Crippen molar-refractivity contribution in [1.29, 1.82) is 0 Å². The molecule has 9 nitrogen and oxygen atoms in total. The van der Waals surface area contributed by atoms with E-state index in [1.807, 2.05) is 0 Å². The molecule has 156 valence electrons. The Morgan fingerprint density at radius 2 is 2.03 bits per heavy atom. The molecule has 0 bridgehead atoms. The van der Waals surface area contributed by atoms with E-state index in [1.165, 1.54) is 36.5 Å². The largest absolute Gasteiger partial charge is 0.395 e. The number of nitro groups is 1. The molecule has 0 aliphatic carbocycles. The lowest BCUT2D eigenvalue weighted by Crippen LogP contribution is -2.24. The highest BCUT2D eigenvalue weighted by atomic mass is 35.5. The van der Waals surface area contributed by atoms with Gasteiger partial charge in [-0.2, -0.15) is 0 Å². The average molecular weight is 439 g/mol. The first kappa shape index (κ1) is 20.5. The van der Waals surface area contributed by atoms with Gasteiger partial charge in [-0.1, -0.05) is 17.7 Å². The fraction of sp³-hybridized carbons (Fsp3) is 0.0952. The first-order valence-electron chi connectivity index (χ1n) is 9.17. The van der Waals surface area contributed by atoms with Gasteiger partial charge in [0.05, 0.1) is 27.6 Å². The molecule has 10 heteroatoms. The maximum absolute atomic E-state index is 13.2. The Balaban J connectivity index is 1.89. The summed E-state index contributed by atoms with van der Waals surface area (Å²) in [7, 11) is 0. The number of amides is 1. The van der Waals surface area contributed by atoms with Gasteiger partial charge < -0.3 is 15.0 Å². The molecular formula is C21H15ClN4O5. The summed E-state index contributed by atoms with van der Waals surface area (Å²) in [4.78, 5) is 40.7. The molecule has 2 heterocycles. The minimum absolute atomic E-state index is 0.124. The van der Waals surface area contributed by atoms with Crippen LogP contribution >= 0.6 is 11.6 Å². The van der Waals surface area contributed by atoms with Gasteiger partial charge in [0.15, 0.2) is 0 Å². The molecule has 0 aliphatic heterocycles. The predicted octanol–water partition coefficient (Wildman–Crippen LogP) is 3.36. The van der Waals surface area contributed by atoms with Crippen molar-refractivity contribution in [3.63, 3.8) is 0 Å². The number of hydrogen-bond acceptors (Lipinski definition) is 6. The Bertz CT molecular complexity index is 1420. The third-order valence-corrected chi connectivity index (χ3v) is 5.07. The number of benzene rings is 2. The van der Waals surface area contributed by atoms with E-state index >= 15 is 0 Å². The predicted molar refractivity (Wildman–Crippen MR) is 117 cm³/mol. The van der Waals surface area contributed by atoms with Gasteiger partial charge in [0.1, 0.15) is 5.56 Å². The molecule has 2 aromatic carbocycles. The summed E-state index contributed by atoms with van der Waals surface area (Å²) in [5.41, 5.74) is 0.231. The fourth-order valence-electron chi connectivity index (χ4n) is 3.44. The van der Waals surface area contributed by atoms with Gasteiger partial charge in [0.25, 0.3) is 11.6 Å². The maximum Gasteiger partial charge on any atom is 0.271 e. The Hall–Kier alpha value is -3.82. The highest BCUT2D eigenvalue weighted by molar-refractivity contribution is 6.36. The molecule has 2 aromatic heterocycles. The highest BCUT2D eigenvalue weighted by Gasteiger charge is 2.19. The van der Waals surface area contributed by atoms with Crippen LogP contribution in [0.1, 0.15) is 10.4 Å². The van der Waals surface area contributed by atoms with Crippen molar-refractivity contribution in [2.75, 3.05) is 11.9 Å². The Labute approximate surface area is 179 Å². The summed E-state index contributed by atoms with van der Waals surface area (Å²) in [5, 5.41) is 24.1. The molecule has 0 fully saturated rings. The van der Waals surface area contributed by atoms with Crippen molar-refractivity contribution in [3.05, 3.63) is 85.8 Å². The Morgan fingerprint density at radius 1 is 1.23 bits per heavy atom. The number of aliphatic hydroxyl groups is 1. The van der Waals surface area contributed by atoms with Crippen molar-refractivity contribution in [2.24, 2.45) is 0 Å². The monoisotopic (exact) mass is 438 g/mol. The van der Waals surface area contributed by atoms with Crippen LogP contribution in [0.2, 0.25) is 5.02 Å². The highest BCUT2D eigenvalue weighted by Crippen LogP contribution is 2.29. The van der Waals surface area contributed by atoms with E-state index in [2.05, 4.69) is 10.3 Å². The second-order valence-corrected chi connectivity index (χ2v) is 7.11. The molecule has 0 unspecified atom stereocenters. The van der Waals surface area contributed by atoms with Crippen LogP contribution < -0.4 is 10.7 Å². The van der Waals surface area contributed by atoms with E-state index in [4.69, 9.17) is 11.6 Å². The smallest absolute Gasteiger partial charge is 0.271 e. The van der Waals surface area contributed by atoms with Crippen LogP contribution in [0.3, 0.4) is 0 Å². The van der Waals surface area contributed by atoms with E-state index in [9.17, 15) is 24.8 Å². The first-order chi connectivity index (χ1) is 14.9. The summed E-state index contributed by atoms with van der Waals surface area (Å²) < 4.78 is 1.60. The number of aromatic nitrogens is 2. The summed E-state index contributed by atoms with van der Waals surface area (Å²) in [5.74, 6) is -0.735. The van der Waals surface area contributed by atoms with Crippen LogP contribution in [0.15, 0.2) is 59.7 Å². The molecule has 0 saturated carbocycles. The van der Waals surface area contributed by atoms with Crippen LogP contribution in [0.4, 0.5) is 11.4 Å². The number of hydrogen-bond donors (Lipinski definition) is 2. The fourth-order valence-corrected chi connectivity index (χ4v) is 3.70. The number of anilines is 1. The normalized spacial score (nSPS) is 11.0. The molecule has 0 saturated heterocycles. The van der Waals surface area contributed by atoms with E-state index in [0.29, 0.717) is 16.4 Å². The summed E-state index contributed by atoms with van der Waals surface area (Å²) >= 11 is 6.32. The molecule has 0 aliphatic rings. The number of nitro benzene ring substituents is 1. The molecule has 1 amide bonds. The molecular weight excluding hydrogens is 424 g/mol. The maximum atomic E-state index is 13.2. The third kappa shape index (κ3) is 3.72. The second-order valence-electron chi connectivity index (χ2n) is 6.70. The summed E-state index contributed by atoms with van der Waals surface area (Å²) in [6.07, 6.45) is 2.93. The quantitative estimate of drug-likeness (QED) is 0.279. The van der Waals surface area contributed by atoms with Crippen LogP contribution in [0.25, 0.3) is 21.8 Å². The van der Waals surface area contributed by atoms with E-state index in [1.54, 1.807) is 22.9 Å². The van der Waals surface area contributed by atoms with Gasteiger partial charge in [-0.05, 0) is 24.3 Å². The van der Waals surface area contributed by atoms with Gasteiger partial charge >= 0.3 is 0 Å². The lowest BCUT2D eigenvalue weighted by atomic mass is 10.1. The SMILES string of the molecule is O=C(Nc1cccc([N+](=O)[O-])c1)c1cn(CCO)c2c(cc(Cl)c3ncccc32)c1=O.